The van der Waals surface area contributed by atoms with Gasteiger partial charge in [0.05, 0.1) is 0 Å². The topological polar surface area (TPSA) is 101 Å². The number of nitrogens with zero attached hydrogens (tertiary/aromatic N) is 4. The molecule has 1 saturated carbocycles. The fourth-order valence-corrected chi connectivity index (χ4v) is 4.46. The van der Waals surface area contributed by atoms with Crippen molar-refractivity contribution < 1.29 is 4.79 Å². The standard InChI is InChI=1S/C24H30N6O/c25-15-16-30(23(31)14-11-18-5-1-2-6-18)17-19-9-12-20(13-10-19)21-7-3-4-8-22(21)24-26-28-29-27-24/h3-4,7-10,12-13,18H,1-2,5-6,11,14-17,25H2,(H,26,27,28,29). The van der Waals surface area contributed by atoms with E-state index in [9.17, 15) is 4.79 Å². The molecule has 0 spiro atoms. The van der Waals surface area contributed by atoms with Crippen LogP contribution in [0.25, 0.3) is 22.5 Å². The van der Waals surface area contributed by atoms with Crippen LogP contribution in [0.3, 0.4) is 0 Å². The Bertz CT molecular complexity index is 964. The zero-order valence-electron chi connectivity index (χ0n) is 17.8. The molecular weight excluding hydrogens is 388 g/mol. The highest BCUT2D eigenvalue weighted by molar-refractivity contribution is 5.80. The average molecular weight is 419 g/mol. The summed E-state index contributed by atoms with van der Waals surface area (Å²) >= 11 is 0. The van der Waals surface area contributed by atoms with Crippen LogP contribution >= 0.6 is 0 Å². The Kier molecular flexibility index (Phi) is 7.04. The minimum atomic E-state index is 0.213. The largest absolute Gasteiger partial charge is 0.337 e. The van der Waals surface area contributed by atoms with Crippen LogP contribution in [0.5, 0.6) is 0 Å². The number of nitrogens with two attached hydrogens (primary N) is 1. The van der Waals surface area contributed by atoms with E-state index in [0.29, 0.717) is 31.9 Å². The van der Waals surface area contributed by atoms with Gasteiger partial charge in [-0.3, -0.25) is 4.79 Å². The smallest absolute Gasteiger partial charge is 0.222 e. The van der Waals surface area contributed by atoms with Crippen molar-refractivity contribution in [3.8, 4) is 22.5 Å². The van der Waals surface area contributed by atoms with E-state index < -0.39 is 0 Å². The Hall–Kier alpha value is -3.06. The molecule has 1 heterocycles. The van der Waals surface area contributed by atoms with Gasteiger partial charge in [0, 0.05) is 31.6 Å². The Morgan fingerprint density at radius 3 is 2.48 bits per heavy atom. The number of hydrogen-bond donors (Lipinski definition) is 2. The first-order valence-corrected chi connectivity index (χ1v) is 11.1. The SMILES string of the molecule is NCCN(Cc1ccc(-c2ccccc2-c2nnn[nH]2)cc1)C(=O)CCC1CCCC1. The molecule has 31 heavy (non-hydrogen) atoms. The van der Waals surface area contributed by atoms with E-state index in [1.807, 2.05) is 23.1 Å². The summed E-state index contributed by atoms with van der Waals surface area (Å²) in [6, 6.07) is 16.4. The first-order chi connectivity index (χ1) is 15.2. The van der Waals surface area contributed by atoms with Gasteiger partial charge in [-0.1, -0.05) is 74.2 Å². The van der Waals surface area contributed by atoms with E-state index in [0.717, 1.165) is 34.6 Å². The molecule has 3 aromatic rings. The predicted octanol–water partition coefficient (Wildman–Crippen LogP) is 3.79. The molecule has 7 nitrogen and oxygen atoms in total. The second kappa shape index (κ2) is 10.3. The molecule has 0 unspecified atom stereocenters. The van der Waals surface area contributed by atoms with Crippen molar-refractivity contribution in [2.75, 3.05) is 13.1 Å². The molecule has 0 radical (unpaired) electrons. The number of aromatic nitrogens is 4. The molecule has 0 aliphatic heterocycles. The number of rotatable bonds is 9. The molecule has 1 aromatic heterocycles. The Balaban J connectivity index is 1.44. The van der Waals surface area contributed by atoms with Gasteiger partial charge in [-0.05, 0) is 39.5 Å². The monoisotopic (exact) mass is 418 g/mol. The van der Waals surface area contributed by atoms with Crippen LogP contribution in [-0.4, -0.2) is 44.5 Å². The van der Waals surface area contributed by atoms with Gasteiger partial charge < -0.3 is 10.6 Å². The quantitative estimate of drug-likeness (QED) is 0.551. The summed E-state index contributed by atoms with van der Waals surface area (Å²) in [5.41, 5.74) is 9.97. The van der Waals surface area contributed by atoms with Gasteiger partial charge in [0.1, 0.15) is 0 Å². The number of hydrogen-bond acceptors (Lipinski definition) is 5. The van der Waals surface area contributed by atoms with E-state index in [-0.39, 0.29) is 5.91 Å². The first kappa shape index (κ1) is 21.2. The summed E-state index contributed by atoms with van der Waals surface area (Å²) in [5.74, 6) is 1.58. The number of nitrogens with one attached hydrogen (secondary N) is 1. The molecule has 0 saturated heterocycles. The Labute approximate surface area is 183 Å². The van der Waals surface area contributed by atoms with Crippen LogP contribution in [0.15, 0.2) is 48.5 Å². The summed E-state index contributed by atoms with van der Waals surface area (Å²) in [6.07, 6.45) is 6.81. The molecule has 1 aliphatic carbocycles. The number of tetrazole rings is 1. The minimum Gasteiger partial charge on any atom is -0.337 e. The van der Waals surface area contributed by atoms with Crippen LogP contribution in [0.2, 0.25) is 0 Å². The number of aromatic amines is 1. The van der Waals surface area contributed by atoms with Crippen molar-refractivity contribution in [3.63, 3.8) is 0 Å². The van der Waals surface area contributed by atoms with E-state index in [4.69, 9.17) is 5.73 Å². The summed E-state index contributed by atoms with van der Waals surface area (Å²) in [5, 5.41) is 14.2. The molecule has 2 aromatic carbocycles. The van der Waals surface area contributed by atoms with Crippen molar-refractivity contribution in [3.05, 3.63) is 54.1 Å². The molecule has 3 N–H and O–H groups in total. The first-order valence-electron chi connectivity index (χ1n) is 11.1. The second-order valence-corrected chi connectivity index (χ2v) is 8.29. The van der Waals surface area contributed by atoms with Gasteiger partial charge in [0.15, 0.2) is 5.82 Å². The molecule has 0 bridgehead atoms. The van der Waals surface area contributed by atoms with Crippen molar-refractivity contribution in [2.45, 2.75) is 45.1 Å². The normalized spacial score (nSPS) is 14.1. The highest BCUT2D eigenvalue weighted by atomic mass is 16.2. The molecular formula is C24H30N6O. The van der Waals surface area contributed by atoms with Crippen molar-refractivity contribution in [1.29, 1.82) is 0 Å². The summed E-state index contributed by atoms with van der Waals surface area (Å²) in [6.45, 7) is 1.66. The maximum absolute atomic E-state index is 12.8. The van der Waals surface area contributed by atoms with Crippen LogP contribution in [0.4, 0.5) is 0 Å². The van der Waals surface area contributed by atoms with Crippen LogP contribution < -0.4 is 5.73 Å². The van der Waals surface area contributed by atoms with Crippen molar-refractivity contribution >= 4 is 5.91 Å². The third-order valence-electron chi connectivity index (χ3n) is 6.16. The average Bonchev–Trinajstić information content (AvgIpc) is 3.52. The molecule has 4 rings (SSSR count). The third kappa shape index (κ3) is 5.35. The zero-order valence-corrected chi connectivity index (χ0v) is 17.8. The van der Waals surface area contributed by atoms with Gasteiger partial charge in [0.25, 0.3) is 0 Å². The number of carbonyl (C=O) groups is 1. The van der Waals surface area contributed by atoms with Crippen LogP contribution in [0.1, 0.15) is 44.1 Å². The molecule has 1 aliphatic rings. The van der Waals surface area contributed by atoms with E-state index >= 15 is 0 Å². The molecule has 1 amide bonds. The maximum atomic E-state index is 12.8. The van der Waals surface area contributed by atoms with Crippen LogP contribution in [0, 0.1) is 5.92 Å². The fraction of sp³-hybridized carbons (Fsp3) is 0.417. The summed E-state index contributed by atoms with van der Waals surface area (Å²) in [4.78, 5) is 14.7. The van der Waals surface area contributed by atoms with Gasteiger partial charge in [-0.15, -0.1) is 5.10 Å². The Morgan fingerprint density at radius 2 is 1.81 bits per heavy atom. The number of H-pyrrole nitrogens is 1. The second-order valence-electron chi connectivity index (χ2n) is 8.29. The number of carbonyl (C=O) groups excluding carboxylic acids is 1. The lowest BCUT2D eigenvalue weighted by atomic mass is 9.98. The predicted molar refractivity (Wildman–Crippen MR) is 121 cm³/mol. The molecule has 162 valence electrons. The lowest BCUT2D eigenvalue weighted by Gasteiger charge is -2.23. The van der Waals surface area contributed by atoms with Crippen molar-refractivity contribution in [1.82, 2.24) is 25.5 Å². The molecule has 0 atom stereocenters. The number of amides is 1. The van der Waals surface area contributed by atoms with E-state index in [2.05, 4.69) is 51.0 Å². The Morgan fingerprint density at radius 1 is 1.06 bits per heavy atom. The number of benzene rings is 2. The van der Waals surface area contributed by atoms with Crippen molar-refractivity contribution in [2.24, 2.45) is 11.7 Å². The van der Waals surface area contributed by atoms with E-state index in [1.54, 1.807) is 0 Å². The molecule has 1 fully saturated rings. The van der Waals surface area contributed by atoms with Gasteiger partial charge in [0.2, 0.25) is 5.91 Å². The highest BCUT2D eigenvalue weighted by Crippen LogP contribution is 2.30. The van der Waals surface area contributed by atoms with Gasteiger partial charge >= 0.3 is 0 Å². The molecule has 7 heteroatoms. The minimum absolute atomic E-state index is 0.213. The van der Waals surface area contributed by atoms with E-state index in [1.165, 1.54) is 25.7 Å². The fourth-order valence-electron chi connectivity index (χ4n) is 4.46. The zero-order chi connectivity index (χ0) is 21.5. The van der Waals surface area contributed by atoms with Gasteiger partial charge in [-0.25, -0.2) is 5.10 Å². The highest BCUT2D eigenvalue weighted by Gasteiger charge is 2.19. The maximum Gasteiger partial charge on any atom is 0.222 e. The van der Waals surface area contributed by atoms with Gasteiger partial charge in [-0.2, -0.15) is 0 Å². The third-order valence-corrected chi connectivity index (χ3v) is 6.16. The lowest BCUT2D eigenvalue weighted by Crippen LogP contribution is -2.35. The summed E-state index contributed by atoms with van der Waals surface area (Å²) < 4.78 is 0. The lowest BCUT2D eigenvalue weighted by molar-refractivity contribution is -0.132. The van der Waals surface area contributed by atoms with Crippen LogP contribution in [-0.2, 0) is 11.3 Å². The summed E-state index contributed by atoms with van der Waals surface area (Å²) in [7, 11) is 0.